The molecule has 0 saturated carbocycles. The maximum atomic E-state index is 11.2. The van der Waals surface area contributed by atoms with Crippen LogP contribution in [-0.2, 0) is 52.1 Å². The van der Waals surface area contributed by atoms with Crippen molar-refractivity contribution in [2.24, 2.45) is 0 Å². The largest absolute Gasteiger partial charge is 0.394 e. The molecule has 6 rings (SSSR count). The number of rotatable bonds is 17. The molecule has 20 N–H and O–H groups in total. The van der Waals surface area contributed by atoms with Gasteiger partial charge in [-0.05, 0) is 0 Å². The molecule has 6 fully saturated rings. The lowest BCUT2D eigenvalue weighted by Gasteiger charge is -2.49. The zero-order valence-corrected chi connectivity index (χ0v) is 35.1. The van der Waals surface area contributed by atoms with Crippen LogP contribution in [0.15, 0.2) is 0 Å². The SMILES string of the molecule is OC[C@H]1O[C@@H](O[C@@H]2[C@@H](O)[C@@H](O)C(O[C@@H]3[C@@H](O)[C@@H](O)[C@H](O[C@@H]4[C@@H](O)[C@@H](O)[C@H](O[C@@H]5[C@@H](O)[C@@H](O)[C@H](O[C@]6(CO)O[C@H](CO)[C@H](O)[C@@H]6O)O[C@@H]5CO)O[C@@H]4CO)O[C@@H]3CO)O[C@@H]2CO)[C@H](O)[C@H](O)[C@H]1O. The summed E-state index contributed by atoms with van der Waals surface area (Å²) in [6.45, 7) is -6.84. The lowest BCUT2D eigenvalue weighted by atomic mass is 9.95. The molecule has 29 atom stereocenters. The maximum absolute atomic E-state index is 11.2. The van der Waals surface area contributed by atoms with E-state index in [2.05, 4.69) is 0 Å². The van der Waals surface area contributed by atoms with Gasteiger partial charge in [-0.2, -0.15) is 0 Å². The first-order valence-electron chi connectivity index (χ1n) is 21.1. The highest BCUT2D eigenvalue weighted by Gasteiger charge is 2.60. The maximum Gasteiger partial charge on any atom is 0.224 e. The van der Waals surface area contributed by atoms with Gasteiger partial charge in [0.05, 0.1) is 39.6 Å². The second kappa shape index (κ2) is 23.1. The number of hydrogen-bond donors (Lipinski definition) is 20. The highest BCUT2D eigenvalue weighted by Crippen LogP contribution is 2.39. The Kier molecular flexibility index (Phi) is 19.0. The zero-order chi connectivity index (χ0) is 49.4. The van der Waals surface area contributed by atoms with Gasteiger partial charge in [-0.1, -0.05) is 0 Å². The number of ether oxygens (including phenoxy) is 11. The smallest absolute Gasteiger partial charge is 0.224 e. The van der Waals surface area contributed by atoms with E-state index in [1.165, 1.54) is 0 Å². The third kappa shape index (κ3) is 10.8. The Bertz CT molecular complexity index is 1520. The summed E-state index contributed by atoms with van der Waals surface area (Å²) in [5.41, 5.74) is 0. The summed E-state index contributed by atoms with van der Waals surface area (Å²) in [4.78, 5) is 0. The van der Waals surface area contributed by atoms with Gasteiger partial charge in [-0.25, -0.2) is 0 Å². The predicted octanol–water partition coefficient (Wildman–Crippen LogP) is -14.1. The molecular weight excluding hydrogens is 928 g/mol. The van der Waals surface area contributed by atoms with Gasteiger partial charge in [0.25, 0.3) is 0 Å². The molecule has 0 aliphatic carbocycles. The molecule has 0 radical (unpaired) electrons. The average molecular weight is 991 g/mol. The van der Waals surface area contributed by atoms with Crippen LogP contribution in [-0.4, -0.2) is 326 Å². The molecule has 0 bridgehead atoms. The van der Waals surface area contributed by atoms with Gasteiger partial charge in [0.2, 0.25) is 5.79 Å². The molecule has 0 aromatic rings. The first-order chi connectivity index (χ1) is 31.8. The highest BCUT2D eigenvalue weighted by atomic mass is 16.8. The fourth-order valence-electron chi connectivity index (χ4n) is 8.58. The van der Waals surface area contributed by atoms with Crippen molar-refractivity contribution in [2.75, 3.05) is 46.2 Å². The second-order valence-corrected chi connectivity index (χ2v) is 16.8. The number of aliphatic hydroxyl groups is 20. The molecule has 0 aromatic heterocycles. The Balaban J connectivity index is 1.07. The Morgan fingerprint density at radius 3 is 0.881 bits per heavy atom. The molecule has 1 unspecified atom stereocenters. The van der Waals surface area contributed by atoms with Crippen LogP contribution in [0, 0.1) is 0 Å². The van der Waals surface area contributed by atoms with Crippen molar-refractivity contribution in [3.63, 3.8) is 0 Å². The van der Waals surface area contributed by atoms with E-state index in [4.69, 9.17) is 52.1 Å². The van der Waals surface area contributed by atoms with E-state index in [0.29, 0.717) is 0 Å². The number of aliphatic hydroxyl groups excluding tert-OH is 20. The van der Waals surface area contributed by atoms with Gasteiger partial charge in [0.1, 0.15) is 147 Å². The Morgan fingerprint density at radius 2 is 0.582 bits per heavy atom. The van der Waals surface area contributed by atoms with Crippen LogP contribution < -0.4 is 0 Å². The third-order valence-corrected chi connectivity index (χ3v) is 12.5. The lowest BCUT2D eigenvalue weighted by molar-refractivity contribution is -0.405. The number of hydrogen-bond acceptors (Lipinski definition) is 31. The minimum atomic E-state index is -2.50. The molecular formula is C36H62O31. The first kappa shape index (κ1) is 55.1. The van der Waals surface area contributed by atoms with E-state index in [-0.39, 0.29) is 0 Å². The molecule has 0 amide bonds. The van der Waals surface area contributed by atoms with Crippen LogP contribution >= 0.6 is 0 Å². The van der Waals surface area contributed by atoms with Crippen LogP contribution in [0.2, 0.25) is 0 Å². The van der Waals surface area contributed by atoms with Crippen LogP contribution in [0.5, 0.6) is 0 Å². The topological polar surface area (TPSA) is 506 Å². The van der Waals surface area contributed by atoms with Gasteiger partial charge in [0.15, 0.2) is 31.5 Å². The van der Waals surface area contributed by atoms with Crippen molar-refractivity contribution in [3.8, 4) is 0 Å². The molecule has 31 nitrogen and oxygen atoms in total. The van der Waals surface area contributed by atoms with Crippen molar-refractivity contribution in [3.05, 3.63) is 0 Å². The normalized spacial score (nSPS) is 53.2. The Labute approximate surface area is 378 Å². The lowest BCUT2D eigenvalue weighted by Crippen LogP contribution is -2.68. The van der Waals surface area contributed by atoms with Crippen molar-refractivity contribution in [1.29, 1.82) is 0 Å². The van der Waals surface area contributed by atoms with E-state index in [1.807, 2.05) is 0 Å². The van der Waals surface area contributed by atoms with Crippen molar-refractivity contribution < 1.29 is 154 Å². The van der Waals surface area contributed by atoms with Gasteiger partial charge < -0.3 is 154 Å². The Hall–Kier alpha value is -1.24. The van der Waals surface area contributed by atoms with Crippen LogP contribution in [0.25, 0.3) is 0 Å². The first-order valence-corrected chi connectivity index (χ1v) is 21.1. The summed E-state index contributed by atoms with van der Waals surface area (Å²) in [5.74, 6) is -2.50. The highest BCUT2D eigenvalue weighted by molar-refractivity contribution is 5.01. The molecule has 0 aromatic carbocycles. The van der Waals surface area contributed by atoms with Crippen LogP contribution in [0.1, 0.15) is 0 Å². The molecule has 67 heavy (non-hydrogen) atoms. The summed E-state index contributed by atoms with van der Waals surface area (Å²) in [5, 5.41) is 209. The van der Waals surface area contributed by atoms with Gasteiger partial charge in [-0.15, -0.1) is 0 Å². The predicted molar refractivity (Wildman–Crippen MR) is 199 cm³/mol. The minimum Gasteiger partial charge on any atom is -0.394 e. The van der Waals surface area contributed by atoms with Crippen molar-refractivity contribution >= 4 is 0 Å². The molecule has 392 valence electrons. The average Bonchev–Trinajstić information content (AvgIpc) is 3.57. The molecule has 6 aliphatic rings. The monoisotopic (exact) mass is 990 g/mol. The summed E-state index contributed by atoms with van der Waals surface area (Å²) in [6, 6.07) is 0. The molecule has 6 aliphatic heterocycles. The summed E-state index contributed by atoms with van der Waals surface area (Å²) >= 11 is 0. The standard InChI is InChI=1S/C36H62O31/c37-1-8-14(44)16(46)21(51)31(57-8)62-26-10(3-39)58-32(22(52)17(26)47)63-27-11(4-40)59-33(23(53)18(27)48)64-28-12(5-41)60-34(24(54)19(28)49)65-29-13(6-42)61-35(25(55)20(29)50)67-36(7-43)30(56)15(45)9(2-38)66-36/h8-35,37-56H,1-7H2/t8-,9-,10-,11-,12-,13-,14+,15+,16-,17+,18+,19+,20+,21-,22-,23-,24-,25-,26+,27+,28+,29+,30+,31+,32?,33+,34+,35+,36+/m1/s1. The van der Waals surface area contributed by atoms with E-state index in [0.717, 1.165) is 0 Å². The van der Waals surface area contributed by atoms with E-state index < -0.39 is 224 Å². The molecule has 0 spiro atoms. The fraction of sp³-hybridized carbons (Fsp3) is 1.00. The zero-order valence-electron chi connectivity index (χ0n) is 35.1. The summed E-state index contributed by atoms with van der Waals surface area (Å²) < 4.78 is 60.7. The van der Waals surface area contributed by atoms with Crippen LogP contribution in [0.3, 0.4) is 0 Å². The minimum absolute atomic E-state index is 0.829. The van der Waals surface area contributed by atoms with Crippen LogP contribution in [0.4, 0.5) is 0 Å². The summed E-state index contributed by atoms with van der Waals surface area (Å²) in [6.07, 6.45) is -53.2. The van der Waals surface area contributed by atoms with E-state index >= 15 is 0 Å². The molecule has 31 heteroatoms. The van der Waals surface area contributed by atoms with Gasteiger partial charge in [-0.3, -0.25) is 0 Å². The quantitative estimate of drug-likeness (QED) is 0.0643. The van der Waals surface area contributed by atoms with Gasteiger partial charge >= 0.3 is 0 Å². The Morgan fingerprint density at radius 1 is 0.299 bits per heavy atom. The van der Waals surface area contributed by atoms with Crippen molar-refractivity contribution in [1.82, 2.24) is 0 Å². The van der Waals surface area contributed by atoms with Crippen molar-refractivity contribution in [2.45, 2.75) is 178 Å². The fourth-order valence-corrected chi connectivity index (χ4v) is 8.58. The van der Waals surface area contributed by atoms with Gasteiger partial charge in [0, 0.05) is 0 Å². The summed E-state index contributed by atoms with van der Waals surface area (Å²) in [7, 11) is 0. The molecule has 6 saturated heterocycles. The second-order valence-electron chi connectivity index (χ2n) is 16.8. The third-order valence-electron chi connectivity index (χ3n) is 12.5. The van der Waals surface area contributed by atoms with E-state index in [1.54, 1.807) is 0 Å². The van der Waals surface area contributed by atoms with E-state index in [9.17, 15) is 102 Å². The molecule has 6 heterocycles.